The number of aryl methyl sites for hydroxylation is 2. The van der Waals surface area contributed by atoms with E-state index in [9.17, 15) is 13.2 Å². The van der Waals surface area contributed by atoms with Crippen LogP contribution in [0.5, 0.6) is 11.5 Å². The van der Waals surface area contributed by atoms with Crippen LogP contribution in [-0.2, 0) is 12.6 Å². The van der Waals surface area contributed by atoms with Crippen molar-refractivity contribution in [3.05, 3.63) is 117 Å². The summed E-state index contributed by atoms with van der Waals surface area (Å²) in [4.78, 5) is 0. The second-order valence-electron chi connectivity index (χ2n) is 9.70. The molecule has 0 bridgehead atoms. The molecule has 3 N–H and O–H groups in total. The molecule has 0 saturated heterocycles. The molecule has 0 aliphatic rings. The Morgan fingerprint density at radius 1 is 0.829 bits per heavy atom. The smallest absolute Gasteiger partial charge is 0.417 e. The van der Waals surface area contributed by atoms with Crippen molar-refractivity contribution in [2.24, 2.45) is 0 Å². The van der Waals surface area contributed by atoms with Crippen LogP contribution in [-0.4, -0.2) is 19.8 Å². The molecule has 0 aliphatic heterocycles. The molecule has 0 aliphatic carbocycles. The molecule has 41 heavy (non-hydrogen) atoms. The highest BCUT2D eigenvalue weighted by Crippen LogP contribution is 2.38. The second kappa shape index (κ2) is 14.3. The molecule has 1 unspecified atom stereocenters. The van der Waals surface area contributed by atoms with E-state index in [4.69, 9.17) is 32.7 Å². The molecule has 1 atom stereocenters. The summed E-state index contributed by atoms with van der Waals surface area (Å²) in [5, 5.41) is 0.927. The largest absolute Gasteiger partial charge is 1.00 e. The molecule has 0 aromatic heterocycles. The summed E-state index contributed by atoms with van der Waals surface area (Å²) in [7, 11) is 0. The maximum atomic E-state index is 13.5. The van der Waals surface area contributed by atoms with E-state index >= 15 is 0 Å². The third kappa shape index (κ3) is 8.32. The lowest BCUT2D eigenvalue weighted by Crippen LogP contribution is -3.00. The van der Waals surface area contributed by atoms with Crippen LogP contribution >= 0.6 is 23.2 Å². The van der Waals surface area contributed by atoms with Crippen molar-refractivity contribution in [3.8, 4) is 22.6 Å². The molecule has 0 amide bonds. The van der Waals surface area contributed by atoms with Gasteiger partial charge in [-0.1, -0.05) is 71.7 Å². The molecule has 3 nitrogen and oxygen atoms in total. The Bertz CT molecular complexity index is 1440. The number of alkyl halides is 3. The maximum absolute atomic E-state index is 13.5. The molecule has 4 aromatic rings. The van der Waals surface area contributed by atoms with Crippen LogP contribution < -0.4 is 27.6 Å². The number of halogens is 6. The van der Waals surface area contributed by atoms with Gasteiger partial charge in [0.05, 0.1) is 22.2 Å². The molecule has 0 fully saturated rings. The quantitative estimate of drug-likeness (QED) is 0.243. The summed E-state index contributed by atoms with van der Waals surface area (Å²) >= 11 is 12.4. The highest BCUT2D eigenvalue weighted by atomic mass is 35.5. The van der Waals surface area contributed by atoms with Gasteiger partial charge in [-0.15, -0.1) is 0 Å². The minimum Gasteiger partial charge on any atom is -1.00 e. The summed E-state index contributed by atoms with van der Waals surface area (Å²) in [6.45, 7) is 5.11. The van der Waals surface area contributed by atoms with Crippen molar-refractivity contribution in [2.45, 2.75) is 32.4 Å². The molecule has 9 heteroatoms. The van der Waals surface area contributed by atoms with Gasteiger partial charge < -0.3 is 27.6 Å². The first kappa shape index (κ1) is 32.6. The van der Waals surface area contributed by atoms with E-state index in [1.165, 1.54) is 12.1 Å². The first-order chi connectivity index (χ1) is 19.1. The summed E-state index contributed by atoms with van der Waals surface area (Å²) in [6.07, 6.45) is -3.67. The Labute approximate surface area is 254 Å². The van der Waals surface area contributed by atoms with Gasteiger partial charge in [-0.2, -0.15) is 13.2 Å². The van der Waals surface area contributed by atoms with E-state index in [2.05, 4.69) is 5.73 Å². The van der Waals surface area contributed by atoms with Crippen molar-refractivity contribution in [1.82, 2.24) is 0 Å². The zero-order chi connectivity index (χ0) is 28.9. The van der Waals surface area contributed by atoms with Gasteiger partial charge in [-0.05, 0) is 84.0 Å². The van der Waals surface area contributed by atoms with Crippen molar-refractivity contribution < 1.29 is 40.8 Å². The fourth-order valence-corrected chi connectivity index (χ4v) is 5.49. The van der Waals surface area contributed by atoms with E-state index in [0.717, 1.165) is 34.7 Å². The Hall–Kier alpha value is -2.90. The average Bonchev–Trinajstić information content (AvgIpc) is 2.91. The minimum atomic E-state index is -4.41. The van der Waals surface area contributed by atoms with Gasteiger partial charge in [0.25, 0.3) is 0 Å². The number of rotatable bonds is 10. The van der Waals surface area contributed by atoms with Gasteiger partial charge in [-0.3, -0.25) is 0 Å². The summed E-state index contributed by atoms with van der Waals surface area (Å²) in [5.74, 6) is 1.28. The maximum Gasteiger partial charge on any atom is 0.417 e. The van der Waals surface area contributed by atoms with E-state index in [1.807, 2.05) is 50.2 Å². The van der Waals surface area contributed by atoms with E-state index in [0.29, 0.717) is 40.3 Å². The van der Waals surface area contributed by atoms with Crippen molar-refractivity contribution >= 4 is 23.2 Å². The van der Waals surface area contributed by atoms with Crippen LogP contribution in [0, 0.1) is 13.8 Å². The number of hydrogen-bond acceptors (Lipinski definition) is 2. The van der Waals surface area contributed by atoms with Crippen LogP contribution in [0.25, 0.3) is 11.1 Å². The second-order valence-corrected chi connectivity index (χ2v) is 10.5. The van der Waals surface area contributed by atoms with E-state index < -0.39 is 11.7 Å². The number of benzene rings is 4. The molecule has 0 spiro atoms. The predicted molar refractivity (Wildman–Crippen MR) is 154 cm³/mol. The third-order valence-electron chi connectivity index (χ3n) is 6.75. The van der Waals surface area contributed by atoms with Crippen LogP contribution in [0.4, 0.5) is 13.2 Å². The number of hydrogen-bond donors (Lipinski definition) is 1. The molecule has 4 rings (SSSR count). The van der Waals surface area contributed by atoms with Crippen LogP contribution in [0.3, 0.4) is 0 Å². The monoisotopic (exact) mass is 623 g/mol. The van der Waals surface area contributed by atoms with Gasteiger partial charge in [0.15, 0.2) is 5.75 Å². The highest BCUT2D eigenvalue weighted by molar-refractivity contribution is 6.37. The summed E-state index contributed by atoms with van der Waals surface area (Å²) in [5.41, 5.74) is 8.32. The number of quaternary nitrogens is 1. The molecular formula is C32H31Cl3F3NO2. The van der Waals surface area contributed by atoms with Gasteiger partial charge in [0.1, 0.15) is 19.0 Å². The fourth-order valence-electron chi connectivity index (χ4n) is 4.78. The zero-order valence-electron chi connectivity index (χ0n) is 22.7. The fraction of sp³-hybridized carbons (Fsp3) is 0.250. The lowest BCUT2D eigenvalue weighted by atomic mass is 9.87. The van der Waals surface area contributed by atoms with Crippen LogP contribution in [0.1, 0.15) is 33.7 Å². The molecule has 4 aromatic carbocycles. The lowest BCUT2D eigenvalue weighted by Gasteiger charge is -2.19. The van der Waals surface area contributed by atoms with Crippen LogP contribution in [0.2, 0.25) is 10.0 Å². The zero-order valence-corrected chi connectivity index (χ0v) is 25.0. The lowest BCUT2D eigenvalue weighted by molar-refractivity contribution is -0.372. The molecular weight excluding hydrogens is 594 g/mol. The summed E-state index contributed by atoms with van der Waals surface area (Å²) < 4.78 is 52.1. The van der Waals surface area contributed by atoms with Gasteiger partial charge >= 0.3 is 6.18 Å². The first-order valence-electron chi connectivity index (χ1n) is 12.9. The highest BCUT2D eigenvalue weighted by Gasteiger charge is 2.33. The molecule has 0 saturated carbocycles. The average molecular weight is 625 g/mol. The van der Waals surface area contributed by atoms with E-state index in [1.54, 1.807) is 24.3 Å². The molecule has 0 heterocycles. The topological polar surface area (TPSA) is 46.1 Å². The normalized spacial score (nSPS) is 12.0. The number of ether oxygens (including phenoxy) is 2. The standard InChI is InChI=1S/C32H30Cl2F3NO2.ClH/c1-20-15-29(33)31(30(34)16-20)40-14-13-39-25-10-7-22(8-11-25)18-24(19-38)26-12-9-23(17-21(26)2)27-5-3-4-6-28(27)32(35,36)37;/h3-12,15-17,24H,13-14,18-19,38H2,1-2H3;1H. The van der Waals surface area contributed by atoms with Crippen LogP contribution in [0.15, 0.2) is 78.9 Å². The first-order valence-corrected chi connectivity index (χ1v) is 13.7. The third-order valence-corrected chi connectivity index (χ3v) is 7.31. The predicted octanol–water partition coefficient (Wildman–Crippen LogP) is 5.33. The van der Waals surface area contributed by atoms with Gasteiger partial charge in [0, 0.05) is 5.92 Å². The Morgan fingerprint density at radius 2 is 1.46 bits per heavy atom. The SMILES string of the molecule is Cc1cc(Cl)c(OCCOc2ccc(CC(C[NH3+])c3ccc(-c4ccccc4C(F)(F)F)cc3C)cc2)c(Cl)c1.[Cl-]. The Morgan fingerprint density at radius 3 is 2.07 bits per heavy atom. The Kier molecular flexibility index (Phi) is 11.4. The van der Waals surface area contributed by atoms with Crippen molar-refractivity contribution in [1.29, 1.82) is 0 Å². The Balaban J connectivity index is 0.00000462. The molecule has 218 valence electrons. The van der Waals surface area contributed by atoms with E-state index in [-0.39, 0.29) is 30.5 Å². The van der Waals surface area contributed by atoms with Crippen molar-refractivity contribution in [2.75, 3.05) is 19.8 Å². The summed E-state index contributed by atoms with van der Waals surface area (Å²) in [6, 6.07) is 22.6. The molecule has 0 radical (unpaired) electrons. The van der Waals surface area contributed by atoms with Gasteiger partial charge in [0.2, 0.25) is 0 Å². The van der Waals surface area contributed by atoms with Crippen molar-refractivity contribution in [3.63, 3.8) is 0 Å². The minimum absolute atomic E-state index is 0. The van der Waals surface area contributed by atoms with Gasteiger partial charge in [-0.25, -0.2) is 0 Å².